The van der Waals surface area contributed by atoms with E-state index in [1.54, 1.807) is 0 Å². The predicted molar refractivity (Wildman–Crippen MR) is 60.3 cm³/mol. The smallest absolute Gasteiger partial charge is 0.222 e. The summed E-state index contributed by atoms with van der Waals surface area (Å²) in [5.41, 5.74) is 5.39. The van der Waals surface area contributed by atoms with E-state index >= 15 is 0 Å². The third-order valence-electron chi connectivity index (χ3n) is 4.02. The van der Waals surface area contributed by atoms with Gasteiger partial charge in [-0.1, -0.05) is 19.3 Å². The Bertz CT molecular complexity index is 224. The van der Waals surface area contributed by atoms with Crippen LogP contribution in [0.15, 0.2) is 0 Å². The van der Waals surface area contributed by atoms with Crippen LogP contribution in [-0.2, 0) is 4.79 Å². The van der Waals surface area contributed by atoms with Gasteiger partial charge in [0.05, 0.1) is 5.92 Å². The van der Waals surface area contributed by atoms with Crippen molar-refractivity contribution >= 4 is 5.91 Å². The van der Waals surface area contributed by atoms with Gasteiger partial charge in [-0.3, -0.25) is 4.79 Å². The van der Waals surface area contributed by atoms with E-state index in [0.29, 0.717) is 6.04 Å². The van der Waals surface area contributed by atoms with Gasteiger partial charge in [-0.2, -0.15) is 0 Å². The van der Waals surface area contributed by atoms with Gasteiger partial charge in [0.1, 0.15) is 0 Å². The Hall–Kier alpha value is -0.570. The summed E-state index contributed by atoms with van der Waals surface area (Å²) in [6.07, 6.45) is 8.75. The third kappa shape index (κ3) is 2.71. The molecule has 2 aliphatic carbocycles. The molecule has 3 N–H and O–H groups in total. The van der Waals surface area contributed by atoms with E-state index in [2.05, 4.69) is 5.32 Å². The first-order valence-electron chi connectivity index (χ1n) is 6.30. The molecule has 0 aromatic heterocycles. The third-order valence-corrected chi connectivity index (χ3v) is 4.02. The molecule has 0 aromatic rings. The number of rotatable bonds is 4. The van der Waals surface area contributed by atoms with Crippen LogP contribution in [0.2, 0.25) is 0 Å². The van der Waals surface area contributed by atoms with Crippen LogP contribution in [0, 0.1) is 11.8 Å². The molecule has 3 heteroatoms. The molecule has 2 atom stereocenters. The van der Waals surface area contributed by atoms with Crippen LogP contribution in [0.5, 0.6) is 0 Å². The van der Waals surface area contributed by atoms with Crippen LogP contribution in [0.4, 0.5) is 0 Å². The van der Waals surface area contributed by atoms with Crippen LogP contribution < -0.4 is 11.1 Å². The fourth-order valence-electron chi connectivity index (χ4n) is 3.08. The van der Waals surface area contributed by atoms with Gasteiger partial charge in [0, 0.05) is 6.04 Å². The van der Waals surface area contributed by atoms with Gasteiger partial charge in [-0.05, 0) is 38.1 Å². The van der Waals surface area contributed by atoms with Gasteiger partial charge in [0.25, 0.3) is 0 Å². The Balaban J connectivity index is 1.75. The highest BCUT2D eigenvalue weighted by molar-refractivity contribution is 5.77. The van der Waals surface area contributed by atoms with Gasteiger partial charge in [-0.25, -0.2) is 0 Å². The van der Waals surface area contributed by atoms with E-state index in [1.165, 1.54) is 25.7 Å². The fraction of sp³-hybridized carbons (Fsp3) is 0.917. The molecule has 0 saturated heterocycles. The second-order valence-corrected chi connectivity index (χ2v) is 5.10. The molecule has 0 heterocycles. The van der Waals surface area contributed by atoms with Crippen LogP contribution >= 0.6 is 0 Å². The van der Waals surface area contributed by atoms with Crippen LogP contribution in [0.25, 0.3) is 0 Å². The molecule has 0 spiro atoms. The van der Waals surface area contributed by atoms with Crippen molar-refractivity contribution in [3.8, 4) is 0 Å². The Morgan fingerprint density at radius 1 is 1.13 bits per heavy atom. The van der Waals surface area contributed by atoms with Crippen LogP contribution in [0.1, 0.15) is 44.9 Å². The van der Waals surface area contributed by atoms with Crippen molar-refractivity contribution < 1.29 is 4.79 Å². The molecule has 1 amide bonds. The van der Waals surface area contributed by atoms with Gasteiger partial charge in [0.2, 0.25) is 5.91 Å². The molecular formula is C12H22N2O. The van der Waals surface area contributed by atoms with Crippen LogP contribution in [0.3, 0.4) is 0 Å². The average molecular weight is 210 g/mol. The van der Waals surface area contributed by atoms with E-state index in [-0.39, 0.29) is 11.8 Å². The maximum absolute atomic E-state index is 11.2. The number of carbonyl (C=O) groups excluding carboxylic acids is 1. The SMILES string of the molecule is NC(=O)C1CCCC1NCC1CCCC1. The average Bonchev–Trinajstić information content (AvgIpc) is 2.86. The molecule has 0 aromatic carbocycles. The van der Waals surface area contributed by atoms with Gasteiger partial charge in [0.15, 0.2) is 0 Å². The lowest BCUT2D eigenvalue weighted by molar-refractivity contribution is -0.122. The maximum atomic E-state index is 11.2. The number of nitrogens with one attached hydrogen (secondary N) is 1. The van der Waals surface area contributed by atoms with Crippen molar-refractivity contribution in [1.82, 2.24) is 5.32 Å². The minimum Gasteiger partial charge on any atom is -0.369 e. The van der Waals surface area contributed by atoms with Crippen molar-refractivity contribution in [2.24, 2.45) is 17.6 Å². The zero-order chi connectivity index (χ0) is 10.7. The van der Waals surface area contributed by atoms with Crippen molar-refractivity contribution in [3.05, 3.63) is 0 Å². The van der Waals surface area contributed by atoms with E-state index < -0.39 is 0 Å². The Kier molecular flexibility index (Phi) is 3.62. The summed E-state index contributed by atoms with van der Waals surface area (Å²) in [5, 5.41) is 3.55. The second kappa shape index (κ2) is 4.97. The lowest BCUT2D eigenvalue weighted by atomic mass is 10.0. The number of amides is 1. The Morgan fingerprint density at radius 3 is 2.53 bits per heavy atom. The minimum absolute atomic E-state index is 0.0893. The van der Waals surface area contributed by atoms with Crippen molar-refractivity contribution in [3.63, 3.8) is 0 Å². The molecule has 0 radical (unpaired) electrons. The highest BCUT2D eigenvalue weighted by atomic mass is 16.1. The first-order chi connectivity index (χ1) is 7.27. The lowest BCUT2D eigenvalue weighted by Crippen LogP contribution is -2.40. The summed E-state index contributed by atoms with van der Waals surface area (Å²) in [6.45, 7) is 1.09. The Morgan fingerprint density at radius 2 is 1.87 bits per heavy atom. The predicted octanol–water partition coefficient (Wildman–Crippen LogP) is 1.42. The molecule has 2 fully saturated rings. The first kappa shape index (κ1) is 10.9. The molecule has 3 nitrogen and oxygen atoms in total. The number of hydrogen-bond acceptors (Lipinski definition) is 2. The normalized spacial score (nSPS) is 32.3. The maximum Gasteiger partial charge on any atom is 0.222 e. The topological polar surface area (TPSA) is 55.1 Å². The van der Waals surface area contributed by atoms with Crippen LogP contribution in [-0.4, -0.2) is 18.5 Å². The zero-order valence-electron chi connectivity index (χ0n) is 9.37. The van der Waals surface area contributed by atoms with E-state index in [1.807, 2.05) is 0 Å². The summed E-state index contributed by atoms with van der Waals surface area (Å²) in [4.78, 5) is 11.2. The summed E-state index contributed by atoms with van der Waals surface area (Å²) in [6, 6.07) is 0.364. The van der Waals surface area contributed by atoms with Crippen molar-refractivity contribution in [2.45, 2.75) is 51.0 Å². The molecular weight excluding hydrogens is 188 g/mol. The summed E-state index contributed by atoms with van der Waals surface area (Å²) in [7, 11) is 0. The standard InChI is InChI=1S/C12H22N2O/c13-12(15)10-6-3-7-11(10)14-8-9-4-1-2-5-9/h9-11,14H,1-8H2,(H2,13,15). The minimum atomic E-state index is -0.114. The van der Waals surface area contributed by atoms with E-state index in [4.69, 9.17) is 5.73 Å². The highest BCUT2D eigenvalue weighted by Gasteiger charge is 2.31. The Labute approximate surface area is 91.8 Å². The summed E-state index contributed by atoms with van der Waals surface area (Å²) < 4.78 is 0. The molecule has 86 valence electrons. The largest absolute Gasteiger partial charge is 0.369 e. The number of primary amides is 1. The molecule has 2 aliphatic rings. The molecule has 2 unspecified atom stereocenters. The summed E-state index contributed by atoms with van der Waals surface area (Å²) in [5.74, 6) is 0.821. The molecule has 0 bridgehead atoms. The van der Waals surface area contributed by atoms with Gasteiger partial charge < -0.3 is 11.1 Å². The monoisotopic (exact) mass is 210 g/mol. The van der Waals surface area contributed by atoms with E-state index in [9.17, 15) is 4.79 Å². The van der Waals surface area contributed by atoms with Crippen molar-refractivity contribution in [1.29, 1.82) is 0 Å². The first-order valence-corrected chi connectivity index (χ1v) is 6.30. The number of nitrogens with two attached hydrogens (primary N) is 1. The van der Waals surface area contributed by atoms with Gasteiger partial charge >= 0.3 is 0 Å². The molecule has 2 saturated carbocycles. The quantitative estimate of drug-likeness (QED) is 0.737. The molecule has 0 aliphatic heterocycles. The zero-order valence-corrected chi connectivity index (χ0v) is 9.37. The van der Waals surface area contributed by atoms with Crippen molar-refractivity contribution in [2.75, 3.05) is 6.54 Å². The molecule has 15 heavy (non-hydrogen) atoms. The number of carbonyl (C=O) groups is 1. The lowest BCUT2D eigenvalue weighted by Gasteiger charge is -2.20. The summed E-state index contributed by atoms with van der Waals surface area (Å²) >= 11 is 0. The van der Waals surface area contributed by atoms with Gasteiger partial charge in [-0.15, -0.1) is 0 Å². The van der Waals surface area contributed by atoms with E-state index in [0.717, 1.165) is 31.7 Å². The highest BCUT2D eigenvalue weighted by Crippen LogP contribution is 2.27. The fourth-order valence-corrected chi connectivity index (χ4v) is 3.08. The molecule has 2 rings (SSSR count). The second-order valence-electron chi connectivity index (χ2n) is 5.10. The number of hydrogen-bond donors (Lipinski definition) is 2.